The Balaban J connectivity index is 3.72. The van der Waals surface area contributed by atoms with Crippen LogP contribution in [0.3, 0.4) is 0 Å². The highest BCUT2D eigenvalue weighted by Gasteiger charge is 2.23. The predicted molar refractivity (Wildman–Crippen MR) is 57.1 cm³/mol. The number of hydrogen-bond donors (Lipinski definition) is 3. The summed E-state index contributed by atoms with van der Waals surface area (Å²) in [4.78, 5) is 0. The number of hydrogen-bond acceptors (Lipinski definition) is 3. The van der Waals surface area contributed by atoms with Gasteiger partial charge in [0.2, 0.25) is 0 Å². The first kappa shape index (κ1) is 13.9. The van der Waals surface area contributed by atoms with E-state index in [1.807, 2.05) is 13.8 Å². The van der Waals surface area contributed by atoms with Gasteiger partial charge in [0.15, 0.2) is 0 Å². The van der Waals surface area contributed by atoms with Gasteiger partial charge in [-0.25, -0.2) is 0 Å². The largest absolute Gasteiger partial charge is 0.390 e. The van der Waals surface area contributed by atoms with Crippen molar-refractivity contribution in [1.29, 1.82) is 0 Å². The Morgan fingerprint density at radius 3 is 1.43 bits per heavy atom. The van der Waals surface area contributed by atoms with Gasteiger partial charge < -0.3 is 15.3 Å². The SMILES string of the molecule is CCCCC(O)C(O)C(O)CCCC. The van der Waals surface area contributed by atoms with E-state index >= 15 is 0 Å². The van der Waals surface area contributed by atoms with Crippen LogP contribution in [0.15, 0.2) is 0 Å². The molecule has 0 saturated carbocycles. The average molecular weight is 204 g/mol. The van der Waals surface area contributed by atoms with Crippen LogP contribution < -0.4 is 0 Å². The quantitative estimate of drug-likeness (QED) is 0.561. The molecule has 0 saturated heterocycles. The van der Waals surface area contributed by atoms with Gasteiger partial charge in [0.25, 0.3) is 0 Å². The molecule has 0 aromatic rings. The van der Waals surface area contributed by atoms with E-state index in [1.54, 1.807) is 0 Å². The second-order valence-electron chi connectivity index (χ2n) is 3.91. The molecular weight excluding hydrogens is 180 g/mol. The van der Waals surface area contributed by atoms with Gasteiger partial charge in [-0.1, -0.05) is 39.5 Å². The standard InChI is InChI=1S/C11H24O3/c1-3-5-7-9(12)11(14)10(13)8-6-4-2/h9-14H,3-8H2,1-2H3. The summed E-state index contributed by atoms with van der Waals surface area (Å²) in [7, 11) is 0. The first-order valence-electron chi connectivity index (χ1n) is 5.67. The first-order chi connectivity index (χ1) is 6.63. The molecule has 0 aromatic carbocycles. The van der Waals surface area contributed by atoms with Crippen molar-refractivity contribution in [3.05, 3.63) is 0 Å². The molecule has 3 heteroatoms. The maximum atomic E-state index is 9.54. The lowest BCUT2D eigenvalue weighted by molar-refractivity contribution is -0.0650. The number of aliphatic hydroxyl groups excluding tert-OH is 3. The van der Waals surface area contributed by atoms with Crippen molar-refractivity contribution in [2.24, 2.45) is 0 Å². The van der Waals surface area contributed by atoms with Crippen molar-refractivity contribution in [2.75, 3.05) is 0 Å². The minimum atomic E-state index is -0.979. The van der Waals surface area contributed by atoms with Crippen molar-refractivity contribution in [1.82, 2.24) is 0 Å². The molecule has 2 unspecified atom stereocenters. The lowest BCUT2D eigenvalue weighted by Gasteiger charge is -2.22. The lowest BCUT2D eigenvalue weighted by atomic mass is 9.99. The summed E-state index contributed by atoms with van der Waals surface area (Å²) in [6, 6.07) is 0. The highest BCUT2D eigenvalue weighted by atomic mass is 16.4. The zero-order valence-electron chi connectivity index (χ0n) is 9.32. The Morgan fingerprint density at radius 2 is 1.14 bits per heavy atom. The fourth-order valence-electron chi connectivity index (χ4n) is 1.42. The van der Waals surface area contributed by atoms with Gasteiger partial charge in [-0.3, -0.25) is 0 Å². The van der Waals surface area contributed by atoms with Crippen molar-refractivity contribution in [3.8, 4) is 0 Å². The summed E-state index contributed by atoms with van der Waals surface area (Å²) in [5, 5.41) is 28.6. The minimum Gasteiger partial charge on any atom is -0.390 e. The molecule has 0 fully saturated rings. The van der Waals surface area contributed by atoms with Crippen LogP contribution in [0.5, 0.6) is 0 Å². The van der Waals surface area contributed by atoms with E-state index in [1.165, 1.54) is 0 Å². The molecule has 0 radical (unpaired) electrons. The van der Waals surface area contributed by atoms with Crippen LogP contribution in [0.2, 0.25) is 0 Å². The van der Waals surface area contributed by atoms with E-state index in [2.05, 4.69) is 0 Å². The predicted octanol–water partition coefficient (Wildman–Crippen LogP) is 1.45. The van der Waals surface area contributed by atoms with Gasteiger partial charge in [0.05, 0.1) is 12.2 Å². The molecular formula is C11H24O3. The van der Waals surface area contributed by atoms with Crippen LogP contribution in [-0.2, 0) is 0 Å². The Labute approximate surface area is 86.8 Å². The maximum absolute atomic E-state index is 9.54. The van der Waals surface area contributed by atoms with Crippen molar-refractivity contribution in [2.45, 2.75) is 70.7 Å². The maximum Gasteiger partial charge on any atom is 0.106 e. The van der Waals surface area contributed by atoms with Gasteiger partial charge in [0.1, 0.15) is 6.10 Å². The van der Waals surface area contributed by atoms with E-state index in [0.29, 0.717) is 12.8 Å². The van der Waals surface area contributed by atoms with E-state index in [9.17, 15) is 15.3 Å². The Bertz CT molecular complexity index is 114. The topological polar surface area (TPSA) is 60.7 Å². The normalized spacial score (nSPS) is 17.8. The Morgan fingerprint density at radius 1 is 0.786 bits per heavy atom. The molecule has 0 amide bonds. The molecule has 14 heavy (non-hydrogen) atoms. The van der Waals surface area contributed by atoms with Crippen molar-refractivity contribution in [3.63, 3.8) is 0 Å². The summed E-state index contributed by atoms with van der Waals surface area (Å²) < 4.78 is 0. The summed E-state index contributed by atoms with van der Waals surface area (Å²) in [6.45, 7) is 4.07. The van der Waals surface area contributed by atoms with E-state index in [4.69, 9.17) is 0 Å². The molecule has 0 rings (SSSR count). The molecule has 0 aliphatic carbocycles. The Kier molecular flexibility index (Phi) is 8.14. The highest BCUT2D eigenvalue weighted by molar-refractivity contribution is 4.74. The average Bonchev–Trinajstić information content (AvgIpc) is 2.21. The molecule has 3 N–H and O–H groups in total. The smallest absolute Gasteiger partial charge is 0.106 e. The third-order valence-corrected chi connectivity index (χ3v) is 2.50. The van der Waals surface area contributed by atoms with Crippen molar-refractivity contribution >= 4 is 0 Å². The monoisotopic (exact) mass is 204 g/mol. The highest BCUT2D eigenvalue weighted by Crippen LogP contribution is 2.12. The molecule has 0 bridgehead atoms. The molecule has 0 aliphatic rings. The molecule has 3 nitrogen and oxygen atoms in total. The second-order valence-corrected chi connectivity index (χ2v) is 3.91. The van der Waals surface area contributed by atoms with Gasteiger partial charge in [-0.2, -0.15) is 0 Å². The third kappa shape index (κ3) is 5.58. The molecule has 0 aliphatic heterocycles. The molecule has 0 heterocycles. The van der Waals surface area contributed by atoms with Crippen LogP contribution in [0, 0.1) is 0 Å². The fraction of sp³-hybridized carbons (Fsp3) is 1.00. The van der Waals surface area contributed by atoms with Crippen LogP contribution in [-0.4, -0.2) is 33.6 Å². The van der Waals surface area contributed by atoms with Crippen molar-refractivity contribution < 1.29 is 15.3 Å². The van der Waals surface area contributed by atoms with Crippen LogP contribution >= 0.6 is 0 Å². The summed E-state index contributed by atoms with van der Waals surface area (Å²) in [5.74, 6) is 0. The third-order valence-electron chi connectivity index (χ3n) is 2.50. The van der Waals surface area contributed by atoms with Gasteiger partial charge in [-0.05, 0) is 12.8 Å². The van der Waals surface area contributed by atoms with E-state index in [0.717, 1.165) is 25.7 Å². The van der Waals surface area contributed by atoms with Crippen LogP contribution in [0.25, 0.3) is 0 Å². The molecule has 0 aromatic heterocycles. The number of aliphatic hydroxyl groups is 3. The van der Waals surface area contributed by atoms with Gasteiger partial charge in [0, 0.05) is 0 Å². The second kappa shape index (κ2) is 8.21. The molecule has 2 atom stereocenters. The molecule has 86 valence electrons. The van der Waals surface area contributed by atoms with Gasteiger partial charge >= 0.3 is 0 Å². The summed E-state index contributed by atoms with van der Waals surface area (Å²) >= 11 is 0. The summed E-state index contributed by atoms with van der Waals surface area (Å²) in [6.07, 6.45) is 2.37. The zero-order chi connectivity index (χ0) is 11.0. The van der Waals surface area contributed by atoms with Crippen LogP contribution in [0.1, 0.15) is 52.4 Å². The zero-order valence-corrected chi connectivity index (χ0v) is 9.32. The first-order valence-corrected chi connectivity index (χ1v) is 5.67. The minimum absolute atomic E-state index is 0.570. The lowest BCUT2D eigenvalue weighted by Crippen LogP contribution is -2.37. The molecule has 0 spiro atoms. The van der Waals surface area contributed by atoms with Crippen LogP contribution in [0.4, 0.5) is 0 Å². The van der Waals surface area contributed by atoms with E-state index in [-0.39, 0.29) is 0 Å². The summed E-state index contributed by atoms with van der Waals surface area (Å²) in [5.41, 5.74) is 0. The Hall–Kier alpha value is -0.120. The number of rotatable bonds is 8. The fourth-order valence-corrected chi connectivity index (χ4v) is 1.42. The van der Waals surface area contributed by atoms with Gasteiger partial charge in [-0.15, -0.1) is 0 Å². The van der Waals surface area contributed by atoms with E-state index < -0.39 is 18.3 Å². The number of unbranched alkanes of at least 4 members (excludes halogenated alkanes) is 2.